The summed E-state index contributed by atoms with van der Waals surface area (Å²) in [5.74, 6) is -0.360. The van der Waals surface area contributed by atoms with Gasteiger partial charge in [-0.1, -0.05) is 30.8 Å². The van der Waals surface area contributed by atoms with Crippen LogP contribution in [0.25, 0.3) is 0 Å². The zero-order valence-corrected chi connectivity index (χ0v) is 13.5. The van der Waals surface area contributed by atoms with Crippen LogP contribution in [0.15, 0.2) is 65.1 Å². The van der Waals surface area contributed by atoms with E-state index in [-0.39, 0.29) is 23.0 Å². The third-order valence-corrected chi connectivity index (χ3v) is 4.14. The van der Waals surface area contributed by atoms with Crippen LogP contribution in [-0.4, -0.2) is 29.6 Å². The van der Waals surface area contributed by atoms with Crippen LogP contribution in [0.4, 0.5) is 8.78 Å². The molecule has 0 aromatic heterocycles. The molecule has 0 aliphatic carbocycles. The highest BCUT2D eigenvalue weighted by Gasteiger charge is 2.28. The lowest BCUT2D eigenvalue weighted by Gasteiger charge is -2.30. The second-order valence-corrected chi connectivity index (χ2v) is 5.81. The number of rotatable bonds is 3. The summed E-state index contributed by atoms with van der Waals surface area (Å²) < 4.78 is 25.9. The van der Waals surface area contributed by atoms with Crippen molar-refractivity contribution in [3.63, 3.8) is 0 Å². The van der Waals surface area contributed by atoms with Crippen molar-refractivity contribution in [2.75, 3.05) is 6.54 Å². The predicted molar refractivity (Wildman–Crippen MR) is 91.6 cm³/mol. The van der Waals surface area contributed by atoms with Gasteiger partial charge in [0.05, 0.1) is 5.57 Å². The molecule has 3 N–H and O–H groups in total. The average molecular weight is 344 g/mol. The number of nitrogens with zero attached hydrogens (tertiary/aromatic N) is 2. The Hall–Kier alpha value is -2.96. The number of carbonyl (C=O) groups is 1. The van der Waals surface area contributed by atoms with E-state index >= 15 is 0 Å². The van der Waals surface area contributed by atoms with E-state index in [2.05, 4.69) is 16.9 Å². The minimum absolute atomic E-state index is 0.00541. The Balaban J connectivity index is 1.84. The van der Waals surface area contributed by atoms with Crippen LogP contribution in [0.5, 0.6) is 0 Å². The van der Waals surface area contributed by atoms with Crippen molar-refractivity contribution in [2.24, 2.45) is 10.7 Å². The molecule has 2 aliphatic heterocycles. The lowest BCUT2D eigenvalue weighted by molar-refractivity contribution is -0.127. The van der Waals surface area contributed by atoms with Gasteiger partial charge in [0.25, 0.3) is 12.3 Å². The molecule has 1 amide bonds. The molecule has 0 spiro atoms. The summed E-state index contributed by atoms with van der Waals surface area (Å²) in [5.41, 5.74) is 7.70. The van der Waals surface area contributed by atoms with E-state index < -0.39 is 12.1 Å². The molecule has 0 fully saturated rings. The Labute approximate surface area is 144 Å². The molecule has 5 nitrogen and oxygen atoms in total. The number of alkyl halides is 2. The third kappa shape index (κ3) is 3.45. The average Bonchev–Trinajstić information content (AvgIpc) is 2.61. The van der Waals surface area contributed by atoms with Gasteiger partial charge in [0.1, 0.15) is 11.5 Å². The Bertz CT molecular complexity index is 811. The first-order chi connectivity index (χ1) is 12.0. The van der Waals surface area contributed by atoms with Gasteiger partial charge in [-0.3, -0.25) is 4.79 Å². The van der Waals surface area contributed by atoms with Crippen LogP contribution in [0.1, 0.15) is 11.1 Å². The summed E-state index contributed by atoms with van der Waals surface area (Å²) in [6.07, 6.45) is 0.208. The monoisotopic (exact) mass is 344 g/mol. The Morgan fingerprint density at radius 2 is 2.08 bits per heavy atom. The van der Waals surface area contributed by atoms with E-state index in [1.165, 1.54) is 5.56 Å². The summed E-state index contributed by atoms with van der Waals surface area (Å²) in [6, 6.07) is 7.89. The normalized spacial score (nSPS) is 17.6. The largest absolute Gasteiger partial charge is 0.404 e. The van der Waals surface area contributed by atoms with Gasteiger partial charge < -0.3 is 16.0 Å². The number of carbonyl (C=O) groups excluding carboxylic acids is 1. The Kier molecular flexibility index (Phi) is 4.65. The summed E-state index contributed by atoms with van der Waals surface area (Å²) in [7, 11) is 0. The molecule has 1 aromatic carbocycles. The second kappa shape index (κ2) is 6.88. The molecule has 0 radical (unpaired) electrons. The van der Waals surface area contributed by atoms with Gasteiger partial charge in [-0.25, -0.2) is 13.8 Å². The number of amidine groups is 1. The molecule has 0 saturated heterocycles. The maximum atomic E-state index is 13.0. The second-order valence-electron chi connectivity index (χ2n) is 5.81. The molecular formula is C18H18F2N4O. The van der Waals surface area contributed by atoms with Crippen LogP contribution in [0, 0.1) is 0 Å². The zero-order valence-electron chi connectivity index (χ0n) is 13.5. The van der Waals surface area contributed by atoms with Crippen LogP contribution in [0.2, 0.25) is 0 Å². The van der Waals surface area contributed by atoms with Gasteiger partial charge in [-0.15, -0.1) is 0 Å². The molecule has 3 rings (SSSR count). The smallest absolute Gasteiger partial charge is 0.280 e. The first-order valence-corrected chi connectivity index (χ1v) is 7.82. The topological polar surface area (TPSA) is 70.7 Å². The number of nitrogens with two attached hydrogens (primary N) is 1. The molecule has 1 aromatic rings. The van der Waals surface area contributed by atoms with Crippen LogP contribution >= 0.6 is 0 Å². The first kappa shape index (κ1) is 16.9. The van der Waals surface area contributed by atoms with Crippen molar-refractivity contribution in [1.29, 1.82) is 0 Å². The minimum atomic E-state index is -2.76. The van der Waals surface area contributed by atoms with Crippen molar-refractivity contribution < 1.29 is 13.6 Å². The SMILES string of the molecule is C=C1C=C(C(F)F)N=C(C(=CN)C(=O)N2CCc3ccccc3C2)N1. The highest BCUT2D eigenvalue weighted by Crippen LogP contribution is 2.22. The van der Waals surface area contributed by atoms with Crippen molar-refractivity contribution in [3.05, 3.63) is 71.2 Å². The number of allylic oxidation sites excluding steroid dienone is 2. The fourth-order valence-corrected chi connectivity index (χ4v) is 2.89. The van der Waals surface area contributed by atoms with Gasteiger partial charge in [0, 0.05) is 25.0 Å². The van der Waals surface area contributed by atoms with E-state index in [0.29, 0.717) is 13.1 Å². The maximum absolute atomic E-state index is 13.0. The van der Waals surface area contributed by atoms with E-state index in [1.807, 2.05) is 24.3 Å². The van der Waals surface area contributed by atoms with Gasteiger partial charge >= 0.3 is 0 Å². The standard InChI is InChI=1S/C18H18F2N4O/c1-11-8-15(16(19)20)23-17(22-11)14(9-21)18(25)24-7-6-12-4-2-3-5-13(12)10-24/h2-5,8-9,16H,1,6-7,10,21H2,(H,22,23). The summed E-state index contributed by atoms with van der Waals surface area (Å²) >= 11 is 0. The molecule has 0 bridgehead atoms. The number of fused-ring (bicyclic) bond motifs is 1. The van der Waals surface area contributed by atoms with Crippen molar-refractivity contribution in [3.8, 4) is 0 Å². The van der Waals surface area contributed by atoms with Crippen molar-refractivity contribution in [2.45, 2.75) is 19.4 Å². The lowest BCUT2D eigenvalue weighted by Crippen LogP contribution is -2.41. The molecule has 130 valence electrons. The van der Waals surface area contributed by atoms with E-state index in [4.69, 9.17) is 5.73 Å². The number of aliphatic imine (C=N–C) groups is 1. The highest BCUT2D eigenvalue weighted by molar-refractivity contribution is 6.21. The number of halogens is 2. The summed E-state index contributed by atoms with van der Waals surface area (Å²) in [6.45, 7) is 4.59. The van der Waals surface area contributed by atoms with Gasteiger partial charge in [0.2, 0.25) is 0 Å². The predicted octanol–water partition coefficient (Wildman–Crippen LogP) is 2.08. The number of benzene rings is 1. The zero-order chi connectivity index (χ0) is 18.0. The van der Waals surface area contributed by atoms with Gasteiger partial charge in [-0.2, -0.15) is 0 Å². The number of nitrogens with one attached hydrogen (secondary N) is 1. The fraction of sp³-hybridized carbons (Fsp3) is 0.222. The molecule has 2 aliphatic rings. The molecule has 2 heterocycles. The number of amides is 1. The molecule has 7 heteroatoms. The maximum Gasteiger partial charge on any atom is 0.280 e. The summed E-state index contributed by atoms with van der Waals surface area (Å²) in [5, 5.41) is 2.74. The quantitative estimate of drug-likeness (QED) is 0.825. The van der Waals surface area contributed by atoms with Crippen LogP contribution in [-0.2, 0) is 17.8 Å². The van der Waals surface area contributed by atoms with Gasteiger partial charge in [-0.05, 0) is 23.6 Å². The molecule has 0 unspecified atom stereocenters. The lowest BCUT2D eigenvalue weighted by atomic mass is 9.99. The number of hydrogen-bond donors (Lipinski definition) is 2. The Morgan fingerprint density at radius 3 is 2.76 bits per heavy atom. The fourth-order valence-electron chi connectivity index (χ4n) is 2.89. The van der Waals surface area contributed by atoms with Crippen LogP contribution in [0.3, 0.4) is 0 Å². The molecule has 0 atom stereocenters. The van der Waals surface area contributed by atoms with Crippen molar-refractivity contribution >= 4 is 11.7 Å². The van der Waals surface area contributed by atoms with E-state index in [0.717, 1.165) is 24.3 Å². The Morgan fingerprint density at radius 1 is 1.36 bits per heavy atom. The third-order valence-electron chi connectivity index (χ3n) is 4.14. The highest BCUT2D eigenvalue weighted by atomic mass is 19.3. The molecule has 0 saturated carbocycles. The summed E-state index contributed by atoms with van der Waals surface area (Å²) in [4.78, 5) is 18.3. The van der Waals surface area contributed by atoms with Crippen molar-refractivity contribution in [1.82, 2.24) is 10.2 Å². The van der Waals surface area contributed by atoms with E-state index in [9.17, 15) is 13.6 Å². The first-order valence-electron chi connectivity index (χ1n) is 7.82. The molecule has 25 heavy (non-hydrogen) atoms. The van der Waals surface area contributed by atoms with Gasteiger partial charge in [0.15, 0.2) is 0 Å². The van der Waals surface area contributed by atoms with E-state index in [1.54, 1.807) is 4.90 Å². The number of hydrogen-bond acceptors (Lipinski definition) is 4. The van der Waals surface area contributed by atoms with Crippen LogP contribution < -0.4 is 11.1 Å². The minimum Gasteiger partial charge on any atom is -0.404 e. The molecular weight excluding hydrogens is 326 g/mol.